The third kappa shape index (κ3) is 2.87. The van der Waals surface area contributed by atoms with Crippen molar-refractivity contribution in [2.45, 2.75) is 6.42 Å². The quantitative estimate of drug-likeness (QED) is 0.451. The Hall–Kier alpha value is -3.40. The van der Waals surface area contributed by atoms with Crippen molar-refractivity contribution >= 4 is 29.3 Å². The highest BCUT2D eigenvalue weighted by atomic mass is 16.2. The lowest BCUT2D eigenvalue weighted by Crippen LogP contribution is -2.39. The van der Waals surface area contributed by atoms with Crippen molar-refractivity contribution in [1.29, 1.82) is 0 Å². The molecule has 142 valence electrons. The predicted molar refractivity (Wildman–Crippen MR) is 101 cm³/mol. The van der Waals surface area contributed by atoms with Crippen LogP contribution in [0.25, 0.3) is 0 Å². The van der Waals surface area contributed by atoms with E-state index >= 15 is 0 Å². The number of imide groups is 1. The van der Waals surface area contributed by atoms with Crippen molar-refractivity contribution in [2.24, 2.45) is 23.7 Å². The summed E-state index contributed by atoms with van der Waals surface area (Å²) in [6.45, 7) is -0.290. The Morgan fingerprint density at radius 2 is 1.75 bits per heavy atom. The van der Waals surface area contributed by atoms with Crippen molar-refractivity contribution in [1.82, 2.24) is 10.2 Å². The van der Waals surface area contributed by atoms with Gasteiger partial charge in [0.1, 0.15) is 6.54 Å². The molecule has 1 heterocycles. The molecule has 2 bridgehead atoms. The van der Waals surface area contributed by atoms with E-state index in [0.717, 1.165) is 11.3 Å². The zero-order valence-corrected chi connectivity index (χ0v) is 15.1. The van der Waals surface area contributed by atoms with E-state index in [1.807, 2.05) is 12.2 Å². The molecule has 1 saturated heterocycles. The fourth-order valence-corrected chi connectivity index (χ4v) is 4.47. The number of amides is 4. The number of allylic oxidation sites excluding steroid dienone is 2. The van der Waals surface area contributed by atoms with Crippen LogP contribution in [0.1, 0.15) is 16.8 Å². The van der Waals surface area contributed by atoms with Crippen LogP contribution in [-0.2, 0) is 14.4 Å². The zero-order valence-electron chi connectivity index (χ0n) is 15.1. The van der Waals surface area contributed by atoms with Crippen LogP contribution in [0, 0.1) is 36.0 Å². The highest BCUT2D eigenvalue weighted by Crippen LogP contribution is 2.52. The van der Waals surface area contributed by atoms with Crippen LogP contribution >= 0.6 is 0 Å². The summed E-state index contributed by atoms with van der Waals surface area (Å²) in [6.07, 6.45) is 10.00. The van der Waals surface area contributed by atoms with E-state index in [4.69, 9.17) is 6.42 Å². The van der Waals surface area contributed by atoms with Gasteiger partial charge in [-0.2, -0.15) is 0 Å². The molecule has 7 heteroatoms. The van der Waals surface area contributed by atoms with Gasteiger partial charge in [0.15, 0.2) is 0 Å². The van der Waals surface area contributed by atoms with Gasteiger partial charge in [0, 0.05) is 0 Å². The number of benzene rings is 1. The third-order valence-corrected chi connectivity index (χ3v) is 5.66. The lowest BCUT2D eigenvalue weighted by molar-refractivity contribution is -0.143. The Labute approximate surface area is 162 Å². The number of hydrogen-bond donors (Lipinski definition) is 2. The number of likely N-dealkylation sites (tertiary alicyclic amines) is 1. The van der Waals surface area contributed by atoms with E-state index in [-0.39, 0.29) is 54.1 Å². The van der Waals surface area contributed by atoms with E-state index in [1.165, 1.54) is 0 Å². The first-order valence-electron chi connectivity index (χ1n) is 9.15. The topological polar surface area (TPSA) is 95.6 Å². The molecule has 4 amide bonds. The standard InChI is InChI=1S/C21H19N3O4/c1-2-9-22-19(26)14-5-3-4-6-15(14)23-16(25)11-24-20(27)17-12-7-8-13(10-12)18(17)21(24)28/h1,3-8,12-13,17-18H,9-11H2,(H,22,26)(H,23,25). The lowest BCUT2D eigenvalue weighted by atomic mass is 9.85. The number of terminal acetylenes is 1. The van der Waals surface area contributed by atoms with Gasteiger partial charge in [0.2, 0.25) is 17.7 Å². The summed E-state index contributed by atoms with van der Waals surface area (Å²) in [5.41, 5.74) is 0.548. The number of para-hydroxylation sites is 1. The molecule has 2 fully saturated rings. The van der Waals surface area contributed by atoms with Crippen LogP contribution in [0.5, 0.6) is 0 Å². The molecule has 1 aromatic carbocycles. The summed E-state index contributed by atoms with van der Waals surface area (Å²) in [5, 5.41) is 5.17. The maximum Gasteiger partial charge on any atom is 0.254 e. The lowest BCUT2D eigenvalue weighted by Gasteiger charge is -2.17. The Kier molecular flexibility index (Phi) is 4.47. The van der Waals surface area contributed by atoms with Gasteiger partial charge in [-0.05, 0) is 30.4 Å². The molecule has 28 heavy (non-hydrogen) atoms. The molecule has 1 saturated carbocycles. The van der Waals surface area contributed by atoms with Crippen molar-refractivity contribution in [2.75, 3.05) is 18.4 Å². The summed E-state index contributed by atoms with van der Waals surface area (Å²) >= 11 is 0. The monoisotopic (exact) mass is 377 g/mol. The Morgan fingerprint density at radius 3 is 2.39 bits per heavy atom. The molecule has 7 nitrogen and oxygen atoms in total. The van der Waals surface area contributed by atoms with Gasteiger partial charge < -0.3 is 10.6 Å². The van der Waals surface area contributed by atoms with Gasteiger partial charge >= 0.3 is 0 Å². The molecule has 1 aliphatic heterocycles. The van der Waals surface area contributed by atoms with Crippen molar-refractivity contribution < 1.29 is 19.2 Å². The number of nitrogens with zero attached hydrogens (tertiary/aromatic N) is 1. The predicted octanol–water partition coefficient (Wildman–Crippen LogP) is 0.795. The van der Waals surface area contributed by atoms with E-state index in [9.17, 15) is 19.2 Å². The number of carbonyl (C=O) groups is 4. The largest absolute Gasteiger partial charge is 0.341 e. The van der Waals surface area contributed by atoms with Gasteiger partial charge in [-0.15, -0.1) is 6.42 Å². The fraction of sp³-hybridized carbons (Fsp3) is 0.333. The second-order valence-corrected chi connectivity index (χ2v) is 7.24. The Morgan fingerprint density at radius 1 is 1.11 bits per heavy atom. The van der Waals surface area contributed by atoms with Crippen LogP contribution in [0.2, 0.25) is 0 Å². The number of fused-ring (bicyclic) bond motifs is 5. The minimum atomic E-state index is -0.529. The van der Waals surface area contributed by atoms with Crippen LogP contribution in [0.3, 0.4) is 0 Å². The van der Waals surface area contributed by atoms with Gasteiger partial charge in [-0.25, -0.2) is 0 Å². The first kappa shape index (κ1) is 18.0. The molecule has 3 aliphatic rings. The number of carbonyl (C=O) groups excluding carboxylic acids is 4. The maximum absolute atomic E-state index is 12.7. The number of rotatable bonds is 5. The molecule has 0 aromatic heterocycles. The van der Waals surface area contributed by atoms with Crippen LogP contribution in [0.15, 0.2) is 36.4 Å². The van der Waals surface area contributed by atoms with Crippen LogP contribution in [0.4, 0.5) is 5.69 Å². The Balaban J connectivity index is 1.45. The minimum absolute atomic E-state index is 0.0665. The molecular formula is C21H19N3O4. The molecule has 4 rings (SSSR count). The van der Waals surface area contributed by atoms with Crippen molar-refractivity contribution in [3.8, 4) is 12.3 Å². The maximum atomic E-state index is 12.7. The molecule has 4 atom stereocenters. The van der Waals surface area contributed by atoms with E-state index in [0.29, 0.717) is 5.69 Å². The van der Waals surface area contributed by atoms with Crippen LogP contribution in [-0.4, -0.2) is 41.6 Å². The molecule has 2 aliphatic carbocycles. The van der Waals surface area contributed by atoms with E-state index < -0.39 is 11.8 Å². The number of hydrogen-bond acceptors (Lipinski definition) is 4. The number of nitrogens with one attached hydrogen (secondary N) is 2. The zero-order chi connectivity index (χ0) is 19.8. The average molecular weight is 377 g/mol. The summed E-state index contributed by atoms with van der Waals surface area (Å²) in [4.78, 5) is 51.1. The summed E-state index contributed by atoms with van der Waals surface area (Å²) in [7, 11) is 0. The summed E-state index contributed by atoms with van der Waals surface area (Å²) < 4.78 is 0. The normalized spacial score (nSPS) is 26.9. The first-order chi connectivity index (χ1) is 13.5. The Bertz CT molecular complexity index is 915. The second-order valence-electron chi connectivity index (χ2n) is 7.24. The van der Waals surface area contributed by atoms with Gasteiger partial charge in [0.25, 0.3) is 5.91 Å². The second kappa shape index (κ2) is 6.97. The molecule has 2 N–H and O–H groups in total. The van der Waals surface area contributed by atoms with E-state index in [2.05, 4.69) is 16.6 Å². The fourth-order valence-electron chi connectivity index (χ4n) is 4.47. The van der Waals surface area contributed by atoms with Crippen molar-refractivity contribution in [3.63, 3.8) is 0 Å². The van der Waals surface area contributed by atoms with Gasteiger partial charge in [0.05, 0.1) is 29.6 Å². The highest BCUT2D eigenvalue weighted by Gasteiger charge is 2.59. The first-order valence-corrected chi connectivity index (χ1v) is 9.15. The number of anilines is 1. The SMILES string of the molecule is C#CCNC(=O)c1ccccc1NC(=O)CN1C(=O)C2C3C=CC(C3)C2C1=O. The summed E-state index contributed by atoms with van der Waals surface area (Å²) in [5.74, 6) is 0.337. The smallest absolute Gasteiger partial charge is 0.254 e. The molecule has 1 aromatic rings. The minimum Gasteiger partial charge on any atom is -0.341 e. The molecule has 4 unspecified atom stereocenters. The van der Waals surface area contributed by atoms with Crippen molar-refractivity contribution in [3.05, 3.63) is 42.0 Å². The third-order valence-electron chi connectivity index (χ3n) is 5.66. The average Bonchev–Trinajstić information content (AvgIpc) is 3.36. The molecular weight excluding hydrogens is 358 g/mol. The molecule has 0 radical (unpaired) electrons. The van der Waals surface area contributed by atoms with Gasteiger partial charge in [-0.3, -0.25) is 24.1 Å². The van der Waals surface area contributed by atoms with E-state index in [1.54, 1.807) is 24.3 Å². The van der Waals surface area contributed by atoms with Crippen LogP contribution < -0.4 is 10.6 Å². The van der Waals surface area contributed by atoms with Gasteiger partial charge in [-0.1, -0.05) is 30.2 Å². The molecule has 0 spiro atoms. The highest BCUT2D eigenvalue weighted by molar-refractivity contribution is 6.10. The summed E-state index contributed by atoms with van der Waals surface area (Å²) in [6, 6.07) is 6.47.